The van der Waals surface area contributed by atoms with Gasteiger partial charge in [0.05, 0.1) is 19.8 Å². The van der Waals surface area contributed by atoms with Crippen molar-refractivity contribution in [1.29, 1.82) is 0 Å². The molecule has 1 saturated heterocycles. The zero-order valence-corrected chi connectivity index (χ0v) is 19.7. The third kappa shape index (κ3) is 5.47. The van der Waals surface area contributed by atoms with E-state index in [1.54, 1.807) is 13.8 Å². The minimum Gasteiger partial charge on any atom is -0.378 e. The quantitative estimate of drug-likeness (QED) is 0.524. The number of methoxy groups -OCH3 is 2. The summed E-state index contributed by atoms with van der Waals surface area (Å²) in [7, 11) is -1.17. The molecular formula is C23H31O8P. The van der Waals surface area contributed by atoms with Gasteiger partial charge in [0.25, 0.3) is 0 Å². The summed E-state index contributed by atoms with van der Waals surface area (Å²) in [6.45, 7) is 3.17. The predicted molar refractivity (Wildman–Crippen MR) is 118 cm³/mol. The highest BCUT2D eigenvalue weighted by molar-refractivity contribution is 7.54. The van der Waals surface area contributed by atoms with Crippen LogP contribution in [-0.4, -0.2) is 49.5 Å². The van der Waals surface area contributed by atoms with Crippen LogP contribution in [-0.2, 0) is 45.8 Å². The van der Waals surface area contributed by atoms with Crippen LogP contribution in [0.1, 0.15) is 25.0 Å². The van der Waals surface area contributed by atoms with Crippen molar-refractivity contribution in [1.82, 2.24) is 0 Å². The molecule has 2 aromatic rings. The molecule has 0 radical (unpaired) electrons. The van der Waals surface area contributed by atoms with Crippen LogP contribution in [0.5, 0.6) is 0 Å². The average Bonchev–Trinajstić information content (AvgIpc) is 2.84. The van der Waals surface area contributed by atoms with Gasteiger partial charge in [0, 0.05) is 14.2 Å². The molecule has 0 saturated carbocycles. The Morgan fingerprint density at radius 1 is 0.938 bits per heavy atom. The monoisotopic (exact) mass is 466 g/mol. The molecule has 176 valence electrons. The van der Waals surface area contributed by atoms with Crippen LogP contribution >= 0.6 is 7.60 Å². The standard InChI is InChI=1S/C23H31O8P/c1-22(26-3)23(2,27-4)31-20(17-28-22)21(24)32(25,29-15-18-11-7-5-8-12-18)30-16-19-13-9-6-10-14-19/h5-14,20-21,24H,15-17H2,1-4H3/t20-,21+,22-,23-/m1/s1. The van der Waals surface area contributed by atoms with Crippen molar-refractivity contribution in [2.75, 3.05) is 20.8 Å². The van der Waals surface area contributed by atoms with Crippen molar-refractivity contribution in [2.45, 2.75) is 50.6 Å². The number of hydrogen-bond donors (Lipinski definition) is 1. The Bertz CT molecular complexity index is 848. The van der Waals surface area contributed by atoms with Gasteiger partial charge in [-0.1, -0.05) is 60.7 Å². The molecule has 32 heavy (non-hydrogen) atoms. The van der Waals surface area contributed by atoms with Crippen molar-refractivity contribution >= 4 is 7.60 Å². The molecule has 1 N–H and O–H groups in total. The molecule has 8 nitrogen and oxygen atoms in total. The van der Waals surface area contributed by atoms with E-state index in [2.05, 4.69) is 0 Å². The largest absolute Gasteiger partial charge is 0.378 e. The Morgan fingerprint density at radius 3 is 1.84 bits per heavy atom. The summed E-state index contributed by atoms with van der Waals surface area (Å²) in [5.41, 5.74) is 1.58. The second-order valence-electron chi connectivity index (χ2n) is 7.74. The Labute approximate surface area is 188 Å². The number of rotatable bonds is 10. The lowest BCUT2D eigenvalue weighted by Gasteiger charge is -2.49. The highest BCUT2D eigenvalue weighted by Gasteiger charge is 2.57. The molecule has 0 amide bonds. The zero-order chi connectivity index (χ0) is 23.2. The van der Waals surface area contributed by atoms with E-state index in [1.807, 2.05) is 60.7 Å². The first-order valence-electron chi connectivity index (χ1n) is 10.3. The van der Waals surface area contributed by atoms with Crippen LogP contribution in [0.4, 0.5) is 0 Å². The van der Waals surface area contributed by atoms with Crippen LogP contribution in [0.2, 0.25) is 0 Å². The third-order valence-corrected chi connectivity index (χ3v) is 7.63. The molecular weight excluding hydrogens is 435 g/mol. The van der Waals surface area contributed by atoms with Gasteiger partial charge >= 0.3 is 7.60 Å². The summed E-state index contributed by atoms with van der Waals surface area (Å²) >= 11 is 0. The van der Waals surface area contributed by atoms with Gasteiger partial charge in [0.2, 0.25) is 11.6 Å². The fraction of sp³-hybridized carbons (Fsp3) is 0.478. The van der Waals surface area contributed by atoms with Gasteiger partial charge in [0.15, 0.2) is 5.85 Å². The van der Waals surface area contributed by atoms with Crippen molar-refractivity contribution in [3.63, 3.8) is 0 Å². The average molecular weight is 466 g/mol. The lowest BCUT2D eigenvalue weighted by Crippen LogP contribution is -2.64. The van der Waals surface area contributed by atoms with Crippen LogP contribution in [0.25, 0.3) is 0 Å². The lowest BCUT2D eigenvalue weighted by molar-refractivity contribution is -0.434. The molecule has 0 aromatic heterocycles. The van der Waals surface area contributed by atoms with Gasteiger partial charge < -0.3 is 33.1 Å². The van der Waals surface area contributed by atoms with Gasteiger partial charge in [0.1, 0.15) is 6.10 Å². The van der Waals surface area contributed by atoms with Gasteiger partial charge in [-0.25, -0.2) is 0 Å². The van der Waals surface area contributed by atoms with Crippen LogP contribution in [0.15, 0.2) is 60.7 Å². The van der Waals surface area contributed by atoms with E-state index in [-0.39, 0.29) is 19.8 Å². The summed E-state index contributed by atoms with van der Waals surface area (Å²) < 4.78 is 47.9. The van der Waals surface area contributed by atoms with Crippen molar-refractivity contribution < 1.29 is 37.7 Å². The molecule has 0 bridgehead atoms. The molecule has 9 heteroatoms. The second-order valence-corrected chi connectivity index (χ2v) is 9.86. The molecule has 2 aromatic carbocycles. The zero-order valence-electron chi connectivity index (χ0n) is 18.8. The molecule has 3 rings (SSSR count). The Morgan fingerprint density at radius 2 is 1.41 bits per heavy atom. The van der Waals surface area contributed by atoms with E-state index < -0.39 is 31.1 Å². The van der Waals surface area contributed by atoms with Gasteiger partial charge in [-0.2, -0.15) is 0 Å². The molecule has 1 heterocycles. The number of benzene rings is 2. The molecule has 4 atom stereocenters. The highest BCUT2D eigenvalue weighted by atomic mass is 31.2. The first-order valence-corrected chi connectivity index (χ1v) is 11.9. The summed E-state index contributed by atoms with van der Waals surface area (Å²) in [5, 5.41) is 11.1. The van der Waals surface area contributed by atoms with E-state index in [0.29, 0.717) is 0 Å². The maximum atomic E-state index is 13.8. The summed E-state index contributed by atoms with van der Waals surface area (Å²) in [6, 6.07) is 18.5. The number of hydrogen-bond acceptors (Lipinski definition) is 8. The van der Waals surface area contributed by atoms with E-state index in [1.165, 1.54) is 14.2 Å². The normalized spacial score (nSPS) is 27.2. The summed E-state index contributed by atoms with van der Waals surface area (Å²) in [4.78, 5) is 0. The smallest absolute Gasteiger partial charge is 0.362 e. The minimum atomic E-state index is -4.07. The van der Waals surface area contributed by atoms with E-state index in [9.17, 15) is 9.67 Å². The van der Waals surface area contributed by atoms with Crippen molar-refractivity contribution in [2.24, 2.45) is 0 Å². The van der Waals surface area contributed by atoms with E-state index in [4.69, 9.17) is 28.0 Å². The van der Waals surface area contributed by atoms with Crippen LogP contribution in [0.3, 0.4) is 0 Å². The molecule has 1 aliphatic rings. The fourth-order valence-electron chi connectivity index (χ4n) is 3.30. The Hall–Kier alpha value is -1.61. The Kier molecular flexibility index (Phi) is 8.25. The van der Waals surface area contributed by atoms with Gasteiger partial charge in [-0.15, -0.1) is 0 Å². The molecule has 0 unspecified atom stereocenters. The van der Waals surface area contributed by atoms with Crippen LogP contribution in [0, 0.1) is 0 Å². The molecule has 1 aliphatic heterocycles. The van der Waals surface area contributed by atoms with E-state index >= 15 is 0 Å². The van der Waals surface area contributed by atoms with Gasteiger partial charge in [-0.05, 0) is 25.0 Å². The van der Waals surface area contributed by atoms with E-state index in [0.717, 1.165) is 11.1 Å². The SMILES string of the molecule is CO[C@]1(C)OC[C@H]([C@@H](O)P(=O)(OCc2ccccc2)OCc2ccccc2)O[C@@]1(C)OC. The molecule has 0 spiro atoms. The third-order valence-electron chi connectivity index (χ3n) is 5.67. The number of aliphatic hydroxyl groups is 1. The van der Waals surface area contributed by atoms with Crippen LogP contribution < -0.4 is 0 Å². The maximum absolute atomic E-state index is 13.8. The topological polar surface area (TPSA) is 92.7 Å². The summed E-state index contributed by atoms with van der Waals surface area (Å²) in [6.07, 6.45) is -1.04. The first-order chi connectivity index (χ1) is 15.3. The summed E-state index contributed by atoms with van der Waals surface area (Å²) in [5.74, 6) is -4.21. The molecule has 1 fully saturated rings. The Balaban J connectivity index is 1.80. The lowest BCUT2D eigenvalue weighted by atomic mass is 10.1. The maximum Gasteiger partial charge on any atom is 0.362 e. The van der Waals surface area contributed by atoms with Gasteiger partial charge in [-0.3, -0.25) is 4.57 Å². The molecule has 0 aliphatic carbocycles. The second kappa shape index (κ2) is 10.5. The highest BCUT2D eigenvalue weighted by Crippen LogP contribution is 2.56. The number of ether oxygens (including phenoxy) is 4. The van der Waals surface area contributed by atoms with Crippen molar-refractivity contribution in [3.8, 4) is 0 Å². The number of aliphatic hydroxyl groups excluding tert-OH is 1. The first kappa shape index (κ1) is 25.0. The fourth-order valence-corrected chi connectivity index (χ4v) is 4.89. The van der Waals surface area contributed by atoms with Crippen molar-refractivity contribution in [3.05, 3.63) is 71.8 Å². The minimum absolute atomic E-state index is 0.00508. The predicted octanol–water partition coefficient (Wildman–Crippen LogP) is 4.07.